The molecule has 0 atom stereocenters. The third-order valence-corrected chi connectivity index (χ3v) is 7.62. The molecule has 0 aliphatic carbocycles. The smallest absolute Gasteiger partial charge is 0.0494 e. The van der Waals surface area contributed by atoms with Crippen molar-refractivity contribution in [1.29, 1.82) is 0 Å². The summed E-state index contributed by atoms with van der Waals surface area (Å²) < 4.78 is 0. The molecule has 0 saturated carbocycles. The second kappa shape index (κ2) is 7.14. The van der Waals surface area contributed by atoms with Crippen LogP contribution in [0.4, 0.5) is 0 Å². The number of benzene rings is 3. The molecule has 0 aliphatic rings. The van der Waals surface area contributed by atoms with Gasteiger partial charge < -0.3 is 15.0 Å². The van der Waals surface area contributed by atoms with E-state index in [4.69, 9.17) is 0 Å². The highest BCUT2D eigenvalue weighted by molar-refractivity contribution is 5.88. The first-order chi connectivity index (χ1) is 15.9. The van der Waals surface area contributed by atoms with E-state index < -0.39 is 0 Å². The molecule has 164 valence electrons. The number of fused-ring (bicyclic) bond motifs is 3. The van der Waals surface area contributed by atoms with Crippen LogP contribution in [0.5, 0.6) is 0 Å². The lowest BCUT2D eigenvalue weighted by atomic mass is 9.85. The maximum Gasteiger partial charge on any atom is 0.0494 e. The Morgan fingerprint density at radius 1 is 0.515 bits per heavy atom. The van der Waals surface area contributed by atoms with Crippen LogP contribution < -0.4 is 0 Å². The van der Waals surface area contributed by atoms with Crippen molar-refractivity contribution in [3.8, 4) is 0 Å². The maximum absolute atomic E-state index is 3.78. The summed E-state index contributed by atoms with van der Waals surface area (Å²) in [5.41, 5.74) is 13.9. The molecule has 0 aliphatic heterocycles. The predicted octanol–water partition coefficient (Wildman–Crippen LogP) is 7.85. The summed E-state index contributed by atoms with van der Waals surface area (Å²) in [4.78, 5) is 10.8. The molecule has 6 aromatic rings. The SMILES string of the molecule is Cc1[nH]c2ccc(C(c3ccc4[nH]c(C)c(C)c4c3)c3[nH]c4ccccc4c3C)cc2c1C. The topological polar surface area (TPSA) is 47.4 Å². The maximum atomic E-state index is 3.78. The average Bonchev–Trinajstić information content (AvgIpc) is 3.41. The van der Waals surface area contributed by atoms with Gasteiger partial charge in [0.25, 0.3) is 0 Å². The number of aromatic amines is 3. The van der Waals surface area contributed by atoms with Gasteiger partial charge in [-0.3, -0.25) is 0 Å². The van der Waals surface area contributed by atoms with Crippen LogP contribution in [-0.2, 0) is 0 Å². The van der Waals surface area contributed by atoms with E-state index in [-0.39, 0.29) is 5.92 Å². The normalized spacial score (nSPS) is 12.1. The van der Waals surface area contributed by atoms with Crippen molar-refractivity contribution in [1.82, 2.24) is 15.0 Å². The van der Waals surface area contributed by atoms with E-state index in [9.17, 15) is 0 Å². The van der Waals surface area contributed by atoms with Gasteiger partial charge in [-0.1, -0.05) is 30.3 Å². The molecule has 0 unspecified atom stereocenters. The fraction of sp³-hybridized carbons (Fsp3) is 0.200. The Bertz CT molecular complexity index is 1590. The van der Waals surface area contributed by atoms with Gasteiger partial charge in [0.2, 0.25) is 0 Å². The molecule has 3 aromatic heterocycles. The van der Waals surface area contributed by atoms with Crippen molar-refractivity contribution >= 4 is 32.7 Å². The minimum absolute atomic E-state index is 0.121. The monoisotopic (exact) mass is 431 g/mol. The molecule has 0 amide bonds. The molecule has 0 bridgehead atoms. The van der Waals surface area contributed by atoms with Gasteiger partial charge in [0.05, 0.1) is 0 Å². The Balaban J connectivity index is 1.64. The number of aromatic nitrogens is 3. The van der Waals surface area contributed by atoms with E-state index >= 15 is 0 Å². The second-order valence-electron chi connectivity index (χ2n) is 9.50. The number of para-hydroxylation sites is 1. The molecule has 0 fully saturated rings. The zero-order valence-corrected chi connectivity index (χ0v) is 19.9. The van der Waals surface area contributed by atoms with Gasteiger partial charge in [0, 0.05) is 55.7 Å². The van der Waals surface area contributed by atoms with E-state index in [0.717, 1.165) is 0 Å². The summed E-state index contributed by atoms with van der Waals surface area (Å²) in [5.74, 6) is 0.121. The number of hydrogen-bond donors (Lipinski definition) is 3. The molecular formula is C30H29N3. The van der Waals surface area contributed by atoms with Crippen LogP contribution in [0, 0.1) is 34.6 Å². The van der Waals surface area contributed by atoms with Gasteiger partial charge in [-0.25, -0.2) is 0 Å². The zero-order chi connectivity index (χ0) is 22.9. The second-order valence-corrected chi connectivity index (χ2v) is 9.50. The van der Waals surface area contributed by atoms with Gasteiger partial charge in [0.15, 0.2) is 0 Å². The van der Waals surface area contributed by atoms with Crippen LogP contribution in [-0.4, -0.2) is 15.0 Å². The molecule has 3 heterocycles. The molecule has 3 nitrogen and oxygen atoms in total. The molecule has 6 rings (SSSR count). The van der Waals surface area contributed by atoms with Crippen molar-refractivity contribution in [3.05, 3.63) is 106 Å². The van der Waals surface area contributed by atoms with E-state index in [1.165, 1.54) is 77.6 Å². The fourth-order valence-corrected chi connectivity index (χ4v) is 5.43. The summed E-state index contributed by atoms with van der Waals surface area (Å²) in [6, 6.07) is 22.4. The Morgan fingerprint density at radius 2 is 1.03 bits per heavy atom. The van der Waals surface area contributed by atoms with Crippen molar-refractivity contribution in [2.45, 2.75) is 40.5 Å². The van der Waals surface area contributed by atoms with Crippen molar-refractivity contribution in [3.63, 3.8) is 0 Å². The van der Waals surface area contributed by atoms with Gasteiger partial charge in [-0.05, 0) is 92.8 Å². The molecule has 3 heteroatoms. The van der Waals surface area contributed by atoms with Crippen LogP contribution in [0.2, 0.25) is 0 Å². The quantitative estimate of drug-likeness (QED) is 0.255. The fourth-order valence-electron chi connectivity index (χ4n) is 5.43. The lowest BCUT2D eigenvalue weighted by Crippen LogP contribution is -2.05. The standard InChI is InChI=1S/C30H29N3/c1-16-19(4)31-27-12-10-21(14-24(16)27)29(30-18(3)23-8-6-7-9-26(23)33-30)22-11-13-28-25(15-22)17(2)20(5)32-28/h6-15,29,31-33H,1-5H3. The van der Waals surface area contributed by atoms with Gasteiger partial charge >= 0.3 is 0 Å². The van der Waals surface area contributed by atoms with Gasteiger partial charge in [-0.2, -0.15) is 0 Å². The summed E-state index contributed by atoms with van der Waals surface area (Å²) in [6.07, 6.45) is 0. The highest BCUT2D eigenvalue weighted by atomic mass is 14.7. The van der Waals surface area contributed by atoms with Crippen molar-refractivity contribution in [2.24, 2.45) is 0 Å². The van der Waals surface area contributed by atoms with E-state index in [0.29, 0.717) is 0 Å². The minimum Gasteiger partial charge on any atom is -0.358 e. The Hall–Kier alpha value is -3.72. The summed E-state index contributed by atoms with van der Waals surface area (Å²) >= 11 is 0. The first-order valence-electron chi connectivity index (χ1n) is 11.7. The number of H-pyrrole nitrogens is 3. The third-order valence-electron chi connectivity index (χ3n) is 7.62. The molecule has 0 saturated heterocycles. The third kappa shape index (κ3) is 2.96. The molecule has 33 heavy (non-hydrogen) atoms. The predicted molar refractivity (Wildman–Crippen MR) is 140 cm³/mol. The van der Waals surface area contributed by atoms with Gasteiger partial charge in [-0.15, -0.1) is 0 Å². The Labute approximate surface area is 193 Å². The van der Waals surface area contributed by atoms with Crippen LogP contribution in [0.25, 0.3) is 32.7 Å². The van der Waals surface area contributed by atoms with Crippen molar-refractivity contribution < 1.29 is 0 Å². The first kappa shape index (κ1) is 19.9. The molecular weight excluding hydrogens is 402 g/mol. The highest BCUT2D eigenvalue weighted by Gasteiger charge is 2.23. The van der Waals surface area contributed by atoms with Crippen LogP contribution in [0.3, 0.4) is 0 Å². The van der Waals surface area contributed by atoms with E-state index in [2.05, 4.69) is 110 Å². The number of hydrogen-bond acceptors (Lipinski definition) is 0. The van der Waals surface area contributed by atoms with Crippen LogP contribution in [0.1, 0.15) is 50.8 Å². The zero-order valence-electron chi connectivity index (χ0n) is 19.9. The number of aryl methyl sites for hydroxylation is 5. The Kier molecular flexibility index (Phi) is 4.31. The van der Waals surface area contributed by atoms with Crippen molar-refractivity contribution in [2.75, 3.05) is 0 Å². The summed E-state index contributed by atoms with van der Waals surface area (Å²) in [5, 5.41) is 3.90. The summed E-state index contributed by atoms with van der Waals surface area (Å²) in [6.45, 7) is 11.0. The molecule has 0 spiro atoms. The van der Waals surface area contributed by atoms with Gasteiger partial charge in [0.1, 0.15) is 0 Å². The van der Waals surface area contributed by atoms with E-state index in [1.54, 1.807) is 0 Å². The number of nitrogens with one attached hydrogen (secondary N) is 3. The number of rotatable bonds is 3. The lowest BCUT2D eigenvalue weighted by Gasteiger charge is -2.19. The molecule has 0 radical (unpaired) electrons. The van der Waals surface area contributed by atoms with Crippen LogP contribution >= 0.6 is 0 Å². The van der Waals surface area contributed by atoms with Crippen LogP contribution in [0.15, 0.2) is 60.7 Å². The summed E-state index contributed by atoms with van der Waals surface area (Å²) in [7, 11) is 0. The highest BCUT2D eigenvalue weighted by Crippen LogP contribution is 2.39. The largest absolute Gasteiger partial charge is 0.358 e. The lowest BCUT2D eigenvalue weighted by molar-refractivity contribution is 0.930. The Morgan fingerprint density at radius 3 is 1.58 bits per heavy atom. The first-order valence-corrected chi connectivity index (χ1v) is 11.7. The molecule has 3 aromatic carbocycles. The van der Waals surface area contributed by atoms with E-state index in [1.807, 2.05) is 0 Å². The molecule has 3 N–H and O–H groups in total. The average molecular weight is 432 g/mol. The minimum atomic E-state index is 0.121.